The fraction of sp³-hybridized carbons (Fsp3) is 0.650. The van der Waals surface area contributed by atoms with Crippen LogP contribution >= 0.6 is 7.60 Å². The molecule has 0 radical (unpaired) electrons. The minimum Gasteiger partial charge on any atom is -0.297 e. The predicted octanol–water partition coefficient (Wildman–Crippen LogP) is 5.92. The van der Waals surface area contributed by atoms with Crippen LogP contribution in [0, 0.1) is 6.92 Å². The van der Waals surface area contributed by atoms with E-state index < -0.39 is 37.7 Å². The molecule has 0 amide bonds. The third-order valence-corrected chi connectivity index (χ3v) is 7.19. The molecule has 2 aliphatic carbocycles. The number of benzene rings is 1. The zero-order valence-electron chi connectivity index (χ0n) is 15.6. The van der Waals surface area contributed by atoms with Gasteiger partial charge in [0.1, 0.15) is 12.3 Å². The second kappa shape index (κ2) is 8.93. The average molecular weight is 400 g/mol. The maximum Gasteiger partial charge on any atom is 0.402 e. The van der Waals surface area contributed by atoms with Crippen molar-refractivity contribution in [2.75, 3.05) is 0 Å². The van der Waals surface area contributed by atoms with Gasteiger partial charge in [-0.15, -0.1) is 0 Å². The molecule has 2 aliphatic rings. The first kappa shape index (κ1) is 20.6. The summed E-state index contributed by atoms with van der Waals surface area (Å²) in [6.45, 7) is 1.87. The minimum absolute atomic E-state index is 0.168. The maximum absolute atomic E-state index is 14.3. The van der Waals surface area contributed by atoms with Gasteiger partial charge in [0.15, 0.2) is 0 Å². The van der Waals surface area contributed by atoms with E-state index >= 15 is 0 Å². The number of hydrogen-bond acceptors (Lipinski definition) is 4. The Kier molecular flexibility index (Phi) is 6.83. The quantitative estimate of drug-likeness (QED) is 0.556. The first-order valence-electron chi connectivity index (χ1n) is 9.75. The Labute approximate surface area is 159 Å². The Hall–Kier alpha value is -1.10. The van der Waals surface area contributed by atoms with Crippen molar-refractivity contribution in [3.63, 3.8) is 0 Å². The Morgan fingerprint density at radius 3 is 1.78 bits per heavy atom. The van der Waals surface area contributed by atoms with Crippen molar-refractivity contribution in [3.8, 4) is 0 Å². The Morgan fingerprint density at radius 1 is 0.889 bits per heavy atom. The van der Waals surface area contributed by atoms with Crippen LogP contribution in [-0.2, 0) is 13.6 Å². The molecule has 1 aromatic rings. The number of halogens is 2. The molecule has 0 spiro atoms. The smallest absolute Gasteiger partial charge is 0.297 e. The molecular weight excluding hydrogens is 373 g/mol. The summed E-state index contributed by atoms with van der Waals surface area (Å²) in [5.74, 6) is 0. The number of aryl methyl sites for hydroxylation is 1. The number of carbonyl (C=O) groups excluding carboxylic acids is 1. The molecular formula is C20H27F2O4P. The summed E-state index contributed by atoms with van der Waals surface area (Å²) in [4.78, 5) is 13.0. The zero-order valence-corrected chi connectivity index (χ0v) is 16.5. The van der Waals surface area contributed by atoms with E-state index in [4.69, 9.17) is 9.05 Å². The van der Waals surface area contributed by atoms with Crippen molar-refractivity contribution < 1.29 is 27.2 Å². The van der Waals surface area contributed by atoms with E-state index in [9.17, 15) is 18.1 Å². The average Bonchev–Trinajstić information content (AvgIpc) is 2.66. The van der Waals surface area contributed by atoms with Crippen LogP contribution in [0.15, 0.2) is 24.3 Å². The Morgan fingerprint density at radius 2 is 1.33 bits per heavy atom. The van der Waals surface area contributed by atoms with Gasteiger partial charge in [-0.25, -0.2) is 8.78 Å². The second-order valence-electron chi connectivity index (χ2n) is 7.56. The molecule has 1 aromatic carbocycles. The lowest BCUT2D eigenvalue weighted by Gasteiger charge is -2.33. The van der Waals surface area contributed by atoms with E-state index in [-0.39, 0.29) is 5.56 Å². The monoisotopic (exact) mass is 400 g/mol. The summed E-state index contributed by atoms with van der Waals surface area (Å²) in [6, 6.07) is 6.51. The van der Waals surface area contributed by atoms with Gasteiger partial charge in [-0.1, -0.05) is 55.5 Å². The van der Waals surface area contributed by atoms with E-state index in [0.717, 1.165) is 31.2 Å². The van der Waals surface area contributed by atoms with Crippen molar-refractivity contribution in [2.24, 2.45) is 0 Å². The first-order chi connectivity index (χ1) is 12.9. The first-order valence-corrected chi connectivity index (χ1v) is 11.3. The highest BCUT2D eigenvalue weighted by Crippen LogP contribution is 2.56. The minimum atomic E-state index is -4.38. The lowest BCUT2D eigenvalue weighted by Crippen LogP contribution is -2.33. The van der Waals surface area contributed by atoms with Crippen LogP contribution in [0.2, 0.25) is 0 Å². The molecule has 0 aliphatic heterocycles. The Bertz CT molecular complexity index is 666. The summed E-state index contributed by atoms with van der Waals surface area (Å²) >= 11 is 0. The van der Waals surface area contributed by atoms with Gasteiger partial charge in [0.25, 0.3) is 5.52 Å². The molecule has 7 heteroatoms. The van der Waals surface area contributed by atoms with Crippen LogP contribution < -0.4 is 0 Å². The molecule has 4 unspecified atom stereocenters. The van der Waals surface area contributed by atoms with Crippen molar-refractivity contribution >= 4 is 13.1 Å². The molecule has 2 saturated carbocycles. The van der Waals surface area contributed by atoms with E-state index in [1.54, 1.807) is 24.3 Å². The van der Waals surface area contributed by atoms with Crippen molar-refractivity contribution in [3.05, 3.63) is 35.4 Å². The molecule has 27 heavy (non-hydrogen) atoms. The van der Waals surface area contributed by atoms with Crippen LogP contribution in [0.5, 0.6) is 0 Å². The van der Waals surface area contributed by atoms with Crippen molar-refractivity contribution in [1.82, 2.24) is 0 Å². The van der Waals surface area contributed by atoms with E-state index in [1.165, 1.54) is 0 Å². The third-order valence-electron chi connectivity index (χ3n) is 5.34. The van der Waals surface area contributed by atoms with Crippen molar-refractivity contribution in [2.45, 2.75) is 82.8 Å². The normalized spacial score (nSPS) is 31.2. The topological polar surface area (TPSA) is 52.6 Å². The second-order valence-corrected chi connectivity index (χ2v) is 9.38. The summed E-state index contributed by atoms with van der Waals surface area (Å²) in [6.07, 6.45) is -0.224. The summed E-state index contributed by atoms with van der Waals surface area (Å²) in [5.41, 5.74) is 0.287. The lowest BCUT2D eigenvalue weighted by atomic mass is 9.96. The molecule has 3 rings (SSSR count). The SMILES string of the molecule is Cc1ccc(C(=O)P(=O)(OC2CCCCC2F)OC2CCCCC2F)cc1. The van der Waals surface area contributed by atoms with E-state index in [2.05, 4.69) is 0 Å². The lowest BCUT2D eigenvalue weighted by molar-refractivity contribution is 0.0119. The largest absolute Gasteiger partial charge is 0.402 e. The maximum atomic E-state index is 14.3. The van der Waals surface area contributed by atoms with Crippen LogP contribution in [-0.4, -0.2) is 30.1 Å². The molecule has 0 heterocycles. The highest BCUT2D eigenvalue weighted by Gasteiger charge is 2.44. The van der Waals surface area contributed by atoms with Gasteiger partial charge in [-0.05, 0) is 32.6 Å². The van der Waals surface area contributed by atoms with Crippen LogP contribution in [0.4, 0.5) is 8.78 Å². The zero-order chi connectivity index (χ0) is 19.4. The number of rotatable bonds is 6. The van der Waals surface area contributed by atoms with Gasteiger partial charge in [0.05, 0.1) is 12.2 Å². The third kappa shape index (κ3) is 5.04. The Balaban J connectivity index is 1.85. The molecule has 4 atom stereocenters. The van der Waals surface area contributed by atoms with Crippen LogP contribution in [0.25, 0.3) is 0 Å². The van der Waals surface area contributed by atoms with E-state index in [1.807, 2.05) is 6.92 Å². The molecule has 0 saturated heterocycles. The van der Waals surface area contributed by atoms with Gasteiger partial charge < -0.3 is 0 Å². The highest BCUT2D eigenvalue weighted by molar-refractivity contribution is 7.72. The number of carbonyl (C=O) groups is 1. The van der Waals surface area contributed by atoms with Gasteiger partial charge in [0.2, 0.25) is 0 Å². The van der Waals surface area contributed by atoms with Crippen LogP contribution in [0.3, 0.4) is 0 Å². The summed E-state index contributed by atoms with van der Waals surface area (Å²) in [5, 5.41) is 0. The summed E-state index contributed by atoms with van der Waals surface area (Å²) < 4.78 is 53.1. The van der Waals surface area contributed by atoms with Gasteiger partial charge in [-0.2, -0.15) is 0 Å². The summed E-state index contributed by atoms with van der Waals surface area (Å²) in [7, 11) is -4.38. The molecule has 2 fully saturated rings. The number of hydrogen-bond donors (Lipinski definition) is 0. The number of alkyl halides is 2. The fourth-order valence-corrected chi connectivity index (χ4v) is 5.57. The molecule has 0 aromatic heterocycles. The molecule has 0 N–H and O–H groups in total. The fourth-order valence-electron chi connectivity index (χ4n) is 3.67. The van der Waals surface area contributed by atoms with Crippen LogP contribution in [0.1, 0.15) is 67.3 Å². The molecule has 0 bridgehead atoms. The molecule has 4 nitrogen and oxygen atoms in total. The predicted molar refractivity (Wildman–Crippen MR) is 99.6 cm³/mol. The van der Waals surface area contributed by atoms with Crippen molar-refractivity contribution in [1.29, 1.82) is 0 Å². The van der Waals surface area contributed by atoms with Gasteiger partial charge >= 0.3 is 7.60 Å². The van der Waals surface area contributed by atoms with E-state index in [0.29, 0.717) is 25.7 Å². The van der Waals surface area contributed by atoms with Gasteiger partial charge in [-0.3, -0.25) is 18.4 Å². The highest BCUT2D eigenvalue weighted by atomic mass is 31.2. The van der Waals surface area contributed by atoms with Gasteiger partial charge in [0, 0.05) is 5.56 Å². The molecule has 150 valence electrons. The standard InChI is InChI=1S/C20H27F2O4P/c1-14-10-12-15(13-11-14)20(23)27(24,25-18-8-4-2-6-16(18)21)26-19-9-5-3-7-17(19)22/h10-13,16-19H,2-9H2,1H3.